The van der Waals surface area contributed by atoms with E-state index in [1.807, 2.05) is 6.07 Å². The summed E-state index contributed by atoms with van der Waals surface area (Å²) in [5.41, 5.74) is 7.35. The topological polar surface area (TPSA) is 96.7 Å². The molecule has 0 unspecified atom stereocenters. The van der Waals surface area contributed by atoms with E-state index in [9.17, 15) is 4.79 Å². The minimum atomic E-state index is -0.156. The molecule has 1 amide bonds. The van der Waals surface area contributed by atoms with Crippen LogP contribution in [-0.2, 0) is 0 Å². The zero-order chi connectivity index (χ0) is 14.5. The summed E-state index contributed by atoms with van der Waals surface area (Å²) in [5.74, 6) is 0.710. The number of thiol groups is 1. The fourth-order valence-electron chi connectivity index (χ4n) is 1.68. The smallest absolute Gasteiger partial charge is 0.251 e. The maximum absolute atomic E-state index is 11.7. The molecule has 3 N–H and O–H groups in total. The van der Waals surface area contributed by atoms with Gasteiger partial charge in [-0.3, -0.25) is 4.79 Å². The van der Waals surface area contributed by atoms with Crippen molar-refractivity contribution in [3.05, 3.63) is 41.6 Å². The number of nitrogens with one attached hydrogen (secondary N) is 1. The summed E-state index contributed by atoms with van der Waals surface area (Å²) < 4.78 is 1.45. The van der Waals surface area contributed by atoms with Crippen LogP contribution < -0.4 is 11.1 Å². The second kappa shape index (κ2) is 6.12. The van der Waals surface area contributed by atoms with Gasteiger partial charge in [-0.15, -0.1) is 0 Å². The molecule has 0 aliphatic rings. The fraction of sp³-hybridized carbons (Fsp3) is 0.154. The second-order valence-electron chi connectivity index (χ2n) is 3.99. The van der Waals surface area contributed by atoms with Crippen molar-refractivity contribution in [1.82, 2.24) is 15.1 Å². The zero-order valence-electron chi connectivity index (χ0n) is 10.6. The van der Waals surface area contributed by atoms with Crippen LogP contribution in [0.2, 0.25) is 0 Å². The summed E-state index contributed by atoms with van der Waals surface area (Å²) in [5, 5.41) is 15.6. The number of rotatable bonds is 4. The van der Waals surface area contributed by atoms with Gasteiger partial charge in [0.25, 0.3) is 5.91 Å². The zero-order valence-corrected chi connectivity index (χ0v) is 11.5. The largest absolute Gasteiger partial charge is 0.382 e. The summed E-state index contributed by atoms with van der Waals surface area (Å²) in [4.78, 5) is 11.7. The Morgan fingerprint density at radius 1 is 1.45 bits per heavy atom. The fourth-order valence-corrected chi connectivity index (χ4v) is 1.79. The lowest BCUT2D eigenvalue weighted by atomic mass is 10.2. The number of amides is 1. The Kier molecular flexibility index (Phi) is 4.27. The lowest BCUT2D eigenvalue weighted by Gasteiger charge is -2.06. The van der Waals surface area contributed by atoms with Crippen molar-refractivity contribution < 1.29 is 4.79 Å². The molecular weight excluding hydrogens is 274 g/mol. The molecule has 0 fully saturated rings. The highest BCUT2D eigenvalue weighted by Crippen LogP contribution is 2.16. The minimum Gasteiger partial charge on any atom is -0.382 e. The van der Waals surface area contributed by atoms with Gasteiger partial charge in [0, 0.05) is 17.9 Å². The Balaban J connectivity index is 2.22. The third-order valence-electron chi connectivity index (χ3n) is 2.70. The van der Waals surface area contributed by atoms with E-state index in [0.717, 1.165) is 0 Å². The molecule has 1 aromatic carbocycles. The van der Waals surface area contributed by atoms with E-state index in [1.54, 1.807) is 24.3 Å². The van der Waals surface area contributed by atoms with Crippen LogP contribution in [0.15, 0.2) is 30.5 Å². The molecule has 0 aliphatic carbocycles. The van der Waals surface area contributed by atoms with Crippen LogP contribution in [-0.4, -0.2) is 28.0 Å². The molecule has 0 aliphatic heterocycles. The highest BCUT2D eigenvalue weighted by atomic mass is 32.1. The maximum Gasteiger partial charge on any atom is 0.251 e. The highest BCUT2D eigenvalue weighted by Gasteiger charge is 2.09. The van der Waals surface area contributed by atoms with E-state index in [1.165, 1.54) is 10.9 Å². The molecule has 2 rings (SSSR count). The molecule has 0 saturated heterocycles. The number of nitrogens with zero attached hydrogens (tertiary/aromatic N) is 3. The van der Waals surface area contributed by atoms with E-state index in [4.69, 9.17) is 11.0 Å². The number of anilines is 1. The number of hydrogen-bond acceptors (Lipinski definition) is 5. The van der Waals surface area contributed by atoms with Gasteiger partial charge in [0.1, 0.15) is 17.5 Å². The number of carbonyl (C=O) groups excluding carboxylic acids is 1. The summed E-state index contributed by atoms with van der Waals surface area (Å²) in [6.45, 7) is 0.515. The van der Waals surface area contributed by atoms with E-state index >= 15 is 0 Å². The van der Waals surface area contributed by atoms with E-state index in [2.05, 4.69) is 23.0 Å². The lowest BCUT2D eigenvalue weighted by Crippen LogP contribution is -2.25. The molecule has 0 radical (unpaired) electrons. The summed E-state index contributed by atoms with van der Waals surface area (Å²) in [6, 6.07) is 8.76. The monoisotopic (exact) mass is 287 g/mol. The number of carbonyl (C=O) groups is 1. The van der Waals surface area contributed by atoms with Crippen molar-refractivity contribution in [2.45, 2.75) is 0 Å². The molecule has 0 spiro atoms. The van der Waals surface area contributed by atoms with Gasteiger partial charge in [-0.1, -0.05) is 0 Å². The van der Waals surface area contributed by atoms with Crippen molar-refractivity contribution in [3.8, 4) is 11.8 Å². The van der Waals surface area contributed by atoms with Crippen LogP contribution in [0.1, 0.15) is 15.9 Å². The lowest BCUT2D eigenvalue weighted by molar-refractivity contribution is 0.0956. The average molecular weight is 287 g/mol. The second-order valence-corrected chi connectivity index (χ2v) is 4.44. The Morgan fingerprint density at radius 3 is 2.70 bits per heavy atom. The van der Waals surface area contributed by atoms with Crippen LogP contribution in [0.5, 0.6) is 0 Å². The number of hydrogen-bond donors (Lipinski definition) is 3. The Labute approximate surface area is 121 Å². The van der Waals surface area contributed by atoms with Crippen LogP contribution in [0.3, 0.4) is 0 Å². The number of nitrogens with two attached hydrogens (primary N) is 1. The van der Waals surface area contributed by atoms with Crippen molar-refractivity contribution in [1.29, 1.82) is 5.26 Å². The SMILES string of the molecule is N#Cc1cnn(-c2ccc(C(=O)NCCS)cc2)c1N. The first-order valence-corrected chi connectivity index (χ1v) is 6.53. The van der Waals surface area contributed by atoms with Crippen molar-refractivity contribution in [2.24, 2.45) is 0 Å². The van der Waals surface area contributed by atoms with E-state index in [0.29, 0.717) is 29.1 Å². The van der Waals surface area contributed by atoms with E-state index in [-0.39, 0.29) is 11.7 Å². The van der Waals surface area contributed by atoms with Gasteiger partial charge in [-0.2, -0.15) is 23.0 Å². The molecule has 0 saturated carbocycles. The van der Waals surface area contributed by atoms with Gasteiger partial charge in [0.2, 0.25) is 0 Å². The summed E-state index contributed by atoms with van der Waals surface area (Å²) in [6.07, 6.45) is 1.41. The predicted molar refractivity (Wildman–Crippen MR) is 78.9 cm³/mol. The van der Waals surface area contributed by atoms with Gasteiger partial charge >= 0.3 is 0 Å². The highest BCUT2D eigenvalue weighted by molar-refractivity contribution is 7.80. The molecule has 1 aromatic heterocycles. The Hall–Kier alpha value is -2.46. The number of nitrogen functional groups attached to an aromatic ring is 1. The van der Waals surface area contributed by atoms with Gasteiger partial charge in [-0.05, 0) is 24.3 Å². The maximum atomic E-state index is 11.7. The number of nitriles is 1. The van der Waals surface area contributed by atoms with E-state index < -0.39 is 0 Å². The third-order valence-corrected chi connectivity index (χ3v) is 2.92. The van der Waals surface area contributed by atoms with Crippen LogP contribution in [0, 0.1) is 11.3 Å². The molecule has 2 aromatic rings. The summed E-state index contributed by atoms with van der Waals surface area (Å²) in [7, 11) is 0. The molecule has 20 heavy (non-hydrogen) atoms. The quantitative estimate of drug-likeness (QED) is 0.730. The first-order valence-electron chi connectivity index (χ1n) is 5.90. The predicted octanol–water partition coefficient (Wildman–Crippen LogP) is 0.986. The molecule has 1 heterocycles. The standard InChI is InChI=1S/C13H13N5OS/c14-7-10-8-17-18(12(10)15)11-3-1-9(2-4-11)13(19)16-5-6-20/h1-4,8,20H,5-6,15H2,(H,16,19). The molecule has 0 atom stereocenters. The number of benzene rings is 1. The van der Waals surface area contributed by atoms with Gasteiger partial charge < -0.3 is 11.1 Å². The van der Waals surface area contributed by atoms with Crippen LogP contribution in [0.25, 0.3) is 5.69 Å². The van der Waals surface area contributed by atoms with Crippen LogP contribution in [0.4, 0.5) is 5.82 Å². The van der Waals surface area contributed by atoms with Crippen molar-refractivity contribution in [2.75, 3.05) is 18.0 Å². The normalized spacial score (nSPS) is 10.0. The Bertz CT molecular complexity index is 656. The van der Waals surface area contributed by atoms with Gasteiger partial charge in [0.05, 0.1) is 11.9 Å². The number of aromatic nitrogens is 2. The van der Waals surface area contributed by atoms with Crippen molar-refractivity contribution in [3.63, 3.8) is 0 Å². The molecule has 7 heteroatoms. The third kappa shape index (κ3) is 2.75. The first-order chi connectivity index (χ1) is 9.67. The minimum absolute atomic E-state index is 0.156. The average Bonchev–Trinajstić information content (AvgIpc) is 2.86. The first kappa shape index (κ1) is 14.0. The van der Waals surface area contributed by atoms with Crippen molar-refractivity contribution >= 4 is 24.4 Å². The Morgan fingerprint density at radius 2 is 2.15 bits per heavy atom. The summed E-state index contributed by atoms with van der Waals surface area (Å²) >= 11 is 4.03. The van der Waals surface area contributed by atoms with Gasteiger partial charge in [0.15, 0.2) is 0 Å². The van der Waals surface area contributed by atoms with Gasteiger partial charge in [-0.25, -0.2) is 4.68 Å². The molecule has 102 valence electrons. The molecule has 0 bridgehead atoms. The molecule has 6 nitrogen and oxygen atoms in total. The van der Waals surface area contributed by atoms with Crippen LogP contribution >= 0.6 is 12.6 Å². The molecular formula is C13H13N5OS.